The molecule has 1 aliphatic carbocycles. The number of tetrazole rings is 1. The van der Waals surface area contributed by atoms with E-state index >= 15 is 0 Å². The minimum atomic E-state index is -0.152. The van der Waals surface area contributed by atoms with Gasteiger partial charge in [0.2, 0.25) is 5.82 Å². The van der Waals surface area contributed by atoms with Gasteiger partial charge in [0, 0.05) is 16.8 Å². The van der Waals surface area contributed by atoms with Crippen molar-refractivity contribution in [1.82, 2.24) is 31.1 Å². The number of nitrogens with one attached hydrogen (secondary N) is 2. The molecule has 0 saturated carbocycles. The first-order valence-electron chi connectivity index (χ1n) is 9.86. The lowest BCUT2D eigenvalue weighted by Gasteiger charge is -2.19. The van der Waals surface area contributed by atoms with Crippen LogP contribution in [0.4, 0.5) is 0 Å². The summed E-state index contributed by atoms with van der Waals surface area (Å²) in [5.74, 6) is 0.996. The molecular formula is C22H24N6O. The van der Waals surface area contributed by atoms with Crippen LogP contribution in [0.3, 0.4) is 0 Å². The minimum absolute atomic E-state index is 0.152. The molecule has 1 amide bonds. The third-order valence-corrected chi connectivity index (χ3v) is 4.95. The van der Waals surface area contributed by atoms with Crippen LogP contribution in [0.25, 0.3) is 11.4 Å². The summed E-state index contributed by atoms with van der Waals surface area (Å²) in [6, 6.07) is 17.2. The van der Waals surface area contributed by atoms with E-state index in [1.165, 1.54) is 6.42 Å². The van der Waals surface area contributed by atoms with Gasteiger partial charge in [-0.05, 0) is 48.1 Å². The number of nitrogens with zero attached hydrogens (tertiary/aromatic N) is 4. The predicted molar refractivity (Wildman–Crippen MR) is 110 cm³/mol. The van der Waals surface area contributed by atoms with Gasteiger partial charge in [0.25, 0.3) is 5.91 Å². The van der Waals surface area contributed by atoms with Gasteiger partial charge in [-0.25, -0.2) is 0 Å². The molecule has 1 heterocycles. The van der Waals surface area contributed by atoms with Gasteiger partial charge in [0.15, 0.2) is 0 Å². The van der Waals surface area contributed by atoms with Crippen LogP contribution in [0.5, 0.6) is 0 Å². The van der Waals surface area contributed by atoms with Crippen LogP contribution in [0.2, 0.25) is 0 Å². The van der Waals surface area contributed by atoms with Crippen LogP contribution in [0.1, 0.15) is 42.1 Å². The Kier molecular flexibility index (Phi) is 5.65. The molecule has 0 bridgehead atoms. The highest BCUT2D eigenvalue weighted by atomic mass is 16.2. The summed E-state index contributed by atoms with van der Waals surface area (Å²) < 4.78 is 0. The zero-order valence-corrected chi connectivity index (χ0v) is 16.4. The lowest BCUT2D eigenvalue weighted by molar-refractivity contribution is 0.0937. The molecule has 2 N–H and O–H groups in total. The van der Waals surface area contributed by atoms with Crippen molar-refractivity contribution < 1.29 is 4.79 Å². The van der Waals surface area contributed by atoms with Gasteiger partial charge in [-0.2, -0.15) is 4.80 Å². The van der Waals surface area contributed by atoms with Gasteiger partial charge in [-0.15, -0.1) is 10.2 Å². The number of benzene rings is 2. The van der Waals surface area contributed by atoms with Crippen LogP contribution in [0, 0.1) is 5.92 Å². The molecule has 29 heavy (non-hydrogen) atoms. The molecule has 3 aromatic rings. The molecule has 1 atom stereocenters. The molecule has 148 valence electrons. The zero-order valence-electron chi connectivity index (χ0n) is 16.4. The fourth-order valence-electron chi connectivity index (χ4n) is 3.38. The van der Waals surface area contributed by atoms with Gasteiger partial charge in [0.05, 0.1) is 6.54 Å². The second kappa shape index (κ2) is 8.68. The summed E-state index contributed by atoms with van der Waals surface area (Å²) in [5, 5.41) is 12.6. The van der Waals surface area contributed by atoms with E-state index in [4.69, 9.17) is 0 Å². The maximum Gasteiger partial charge on any atom is 0.269 e. The summed E-state index contributed by atoms with van der Waals surface area (Å²) >= 11 is 0. The number of carbonyl (C=O) groups excluding carboxylic acids is 1. The third kappa shape index (κ3) is 4.87. The molecule has 0 unspecified atom stereocenters. The van der Waals surface area contributed by atoms with Crippen molar-refractivity contribution in [2.45, 2.75) is 32.7 Å². The van der Waals surface area contributed by atoms with Crippen molar-refractivity contribution in [3.8, 4) is 11.4 Å². The van der Waals surface area contributed by atoms with Crippen molar-refractivity contribution in [1.29, 1.82) is 0 Å². The Morgan fingerprint density at radius 1 is 1.14 bits per heavy atom. The maximum absolute atomic E-state index is 12.4. The number of hydrazine groups is 1. The molecule has 4 rings (SSSR count). The standard InChI is InChI=1S/C22H24N6O/c1-16-6-5-9-20(14-16)23-25-22(29)19-12-10-17(11-13-19)15-28-26-21(24-27-28)18-7-3-2-4-8-18/h2-4,7-8,10-14,16,23H,5-6,9,15H2,1H3,(H,25,29)/t16-/m1/s1. The first-order chi connectivity index (χ1) is 14.2. The van der Waals surface area contributed by atoms with Gasteiger partial charge < -0.3 is 5.43 Å². The van der Waals surface area contributed by atoms with Gasteiger partial charge >= 0.3 is 0 Å². The Labute approximate surface area is 169 Å². The average Bonchev–Trinajstić information content (AvgIpc) is 3.22. The lowest BCUT2D eigenvalue weighted by Crippen LogP contribution is -2.37. The highest BCUT2D eigenvalue weighted by Crippen LogP contribution is 2.20. The Morgan fingerprint density at radius 2 is 1.93 bits per heavy atom. The molecule has 0 saturated heterocycles. The summed E-state index contributed by atoms with van der Waals surface area (Å²) in [4.78, 5) is 13.9. The van der Waals surface area contributed by atoms with E-state index in [0.717, 1.165) is 29.7 Å². The average molecular weight is 388 g/mol. The summed E-state index contributed by atoms with van der Waals surface area (Å²) in [6.07, 6.45) is 5.50. The van der Waals surface area contributed by atoms with E-state index in [2.05, 4.69) is 39.3 Å². The number of amides is 1. The molecule has 7 nitrogen and oxygen atoms in total. The van der Waals surface area contributed by atoms with Crippen molar-refractivity contribution >= 4 is 5.91 Å². The SMILES string of the molecule is C[C@H]1C=C(NNC(=O)c2ccc(Cn3nnc(-c4ccccc4)n3)cc2)CCC1. The van der Waals surface area contributed by atoms with Gasteiger partial charge in [0.1, 0.15) is 0 Å². The summed E-state index contributed by atoms with van der Waals surface area (Å²) in [5.41, 5.74) is 9.44. The maximum atomic E-state index is 12.4. The summed E-state index contributed by atoms with van der Waals surface area (Å²) in [6.45, 7) is 2.68. The largest absolute Gasteiger partial charge is 0.303 e. The fraction of sp³-hybridized carbons (Fsp3) is 0.273. The number of hydrogen-bond donors (Lipinski definition) is 2. The molecule has 0 radical (unpaired) electrons. The third-order valence-electron chi connectivity index (χ3n) is 4.95. The number of hydrogen-bond acceptors (Lipinski definition) is 5. The highest BCUT2D eigenvalue weighted by molar-refractivity contribution is 5.93. The first kappa shape index (κ1) is 18.9. The van der Waals surface area contributed by atoms with Crippen molar-refractivity contribution in [3.63, 3.8) is 0 Å². The van der Waals surface area contributed by atoms with E-state index in [-0.39, 0.29) is 5.91 Å². The van der Waals surface area contributed by atoms with Crippen molar-refractivity contribution in [3.05, 3.63) is 77.5 Å². The first-order valence-corrected chi connectivity index (χ1v) is 9.86. The molecule has 1 aliphatic rings. The number of rotatable bonds is 6. The smallest absolute Gasteiger partial charge is 0.269 e. The molecule has 0 aliphatic heterocycles. The second-order valence-corrected chi connectivity index (χ2v) is 7.35. The van der Waals surface area contributed by atoms with Crippen molar-refractivity contribution in [2.75, 3.05) is 0 Å². The Hall–Kier alpha value is -3.48. The minimum Gasteiger partial charge on any atom is -0.303 e. The highest BCUT2D eigenvalue weighted by Gasteiger charge is 2.11. The van der Waals surface area contributed by atoms with E-state index < -0.39 is 0 Å². The monoisotopic (exact) mass is 388 g/mol. The normalized spacial score (nSPS) is 16.2. The van der Waals surface area contributed by atoms with Gasteiger partial charge in [-0.3, -0.25) is 10.2 Å². The van der Waals surface area contributed by atoms with E-state index in [1.54, 1.807) is 16.9 Å². The molecule has 0 fully saturated rings. The van der Waals surface area contributed by atoms with E-state index in [0.29, 0.717) is 23.9 Å². The van der Waals surface area contributed by atoms with Crippen molar-refractivity contribution in [2.24, 2.45) is 5.92 Å². The number of allylic oxidation sites excluding steroid dienone is 2. The van der Waals surface area contributed by atoms with E-state index in [9.17, 15) is 4.79 Å². The van der Waals surface area contributed by atoms with Crippen LogP contribution in [-0.4, -0.2) is 26.1 Å². The topological polar surface area (TPSA) is 84.7 Å². The molecule has 0 spiro atoms. The summed E-state index contributed by atoms with van der Waals surface area (Å²) in [7, 11) is 0. The Bertz CT molecular complexity index is 994. The lowest BCUT2D eigenvalue weighted by atomic mass is 9.96. The second-order valence-electron chi connectivity index (χ2n) is 7.35. The molecule has 1 aromatic heterocycles. The van der Waals surface area contributed by atoms with Crippen LogP contribution in [0.15, 0.2) is 66.4 Å². The molecular weight excluding hydrogens is 364 g/mol. The van der Waals surface area contributed by atoms with E-state index in [1.807, 2.05) is 42.5 Å². The Morgan fingerprint density at radius 3 is 2.69 bits per heavy atom. The van der Waals surface area contributed by atoms with Gasteiger partial charge in [-0.1, -0.05) is 55.5 Å². The van der Waals surface area contributed by atoms with Crippen LogP contribution in [-0.2, 0) is 6.54 Å². The zero-order chi connectivity index (χ0) is 20.1. The number of aromatic nitrogens is 4. The molecule has 2 aromatic carbocycles. The quantitative estimate of drug-likeness (QED) is 0.633. The predicted octanol–water partition coefficient (Wildman–Crippen LogP) is 3.33. The van der Waals surface area contributed by atoms with Crippen LogP contribution >= 0.6 is 0 Å². The fourth-order valence-corrected chi connectivity index (χ4v) is 3.38. The Balaban J connectivity index is 1.34. The molecule has 7 heteroatoms. The number of carbonyl (C=O) groups is 1. The van der Waals surface area contributed by atoms with Crippen LogP contribution < -0.4 is 10.9 Å².